The molecule has 6 heteroatoms. The van der Waals surface area contributed by atoms with Crippen LogP contribution >= 0.6 is 0 Å². The van der Waals surface area contributed by atoms with Gasteiger partial charge in [-0.2, -0.15) is 5.10 Å². The largest absolute Gasteiger partial charge is 0.358 e. The van der Waals surface area contributed by atoms with Crippen LogP contribution in [0.5, 0.6) is 0 Å². The molecule has 1 aliphatic rings. The van der Waals surface area contributed by atoms with Gasteiger partial charge in [-0.05, 0) is 56.5 Å². The van der Waals surface area contributed by atoms with E-state index in [1.807, 2.05) is 35.8 Å². The Morgan fingerprint density at radius 3 is 2.75 bits per heavy atom. The van der Waals surface area contributed by atoms with Crippen molar-refractivity contribution < 1.29 is 4.79 Å². The molecule has 1 aliphatic heterocycles. The van der Waals surface area contributed by atoms with Crippen molar-refractivity contribution in [2.24, 2.45) is 0 Å². The van der Waals surface area contributed by atoms with E-state index in [0.717, 1.165) is 42.8 Å². The molecule has 32 heavy (non-hydrogen) atoms. The number of hydrogen-bond donors (Lipinski definition) is 1. The fourth-order valence-electron chi connectivity index (χ4n) is 5.00. The molecule has 1 atom stereocenters. The molecule has 3 aromatic heterocycles. The Labute approximate surface area is 188 Å². The first-order valence-electron chi connectivity index (χ1n) is 11.4. The number of H-pyrrole nitrogens is 1. The minimum absolute atomic E-state index is 0.212. The highest BCUT2D eigenvalue weighted by Crippen LogP contribution is 2.39. The molecular formula is C26H29N5O. The van der Waals surface area contributed by atoms with Gasteiger partial charge < -0.3 is 9.88 Å². The van der Waals surface area contributed by atoms with Crippen molar-refractivity contribution in [1.29, 1.82) is 0 Å². The van der Waals surface area contributed by atoms with Gasteiger partial charge in [-0.3, -0.25) is 14.5 Å². The predicted octanol–water partition coefficient (Wildman–Crippen LogP) is 4.84. The number of amides is 1. The Bertz CT molecular complexity index is 1240. The zero-order valence-electron chi connectivity index (χ0n) is 18.7. The monoisotopic (exact) mass is 427 g/mol. The van der Waals surface area contributed by atoms with Crippen molar-refractivity contribution in [3.8, 4) is 11.1 Å². The lowest BCUT2D eigenvalue weighted by Crippen LogP contribution is -2.39. The number of benzene rings is 1. The lowest BCUT2D eigenvalue weighted by Gasteiger charge is -2.33. The number of carbonyl (C=O) groups is 1. The van der Waals surface area contributed by atoms with Crippen molar-refractivity contribution in [2.75, 3.05) is 13.1 Å². The zero-order valence-corrected chi connectivity index (χ0v) is 18.7. The summed E-state index contributed by atoms with van der Waals surface area (Å²) in [6, 6.07) is 14.6. The van der Waals surface area contributed by atoms with Gasteiger partial charge in [0.25, 0.3) is 0 Å². The average Bonchev–Trinajstić information content (AvgIpc) is 3.37. The smallest absolute Gasteiger partial charge is 0.224 e. The molecule has 0 radical (unpaired) electrons. The molecule has 0 bridgehead atoms. The highest BCUT2D eigenvalue weighted by molar-refractivity contribution is 5.97. The lowest BCUT2D eigenvalue weighted by atomic mass is 9.89. The molecule has 1 saturated heterocycles. The topological polar surface area (TPSA) is 66.8 Å². The number of nitrogens with zero attached hydrogens (tertiary/aromatic N) is 4. The maximum atomic E-state index is 13.1. The number of piperidine rings is 1. The van der Waals surface area contributed by atoms with E-state index in [1.54, 1.807) is 0 Å². The second kappa shape index (κ2) is 8.61. The molecule has 1 unspecified atom stereocenters. The second-order valence-corrected chi connectivity index (χ2v) is 8.77. The second-order valence-electron chi connectivity index (χ2n) is 8.77. The van der Waals surface area contributed by atoms with Crippen LogP contribution in [-0.2, 0) is 11.3 Å². The first-order valence-corrected chi connectivity index (χ1v) is 11.4. The number of para-hydroxylation sites is 1. The normalized spacial score (nSPS) is 16.6. The van der Waals surface area contributed by atoms with Gasteiger partial charge in [-0.15, -0.1) is 0 Å². The number of likely N-dealkylation sites (tertiary alicyclic amines) is 1. The number of nitrogens with one attached hydrogen (secondary N) is 1. The van der Waals surface area contributed by atoms with E-state index >= 15 is 0 Å². The van der Waals surface area contributed by atoms with Crippen LogP contribution in [0.2, 0.25) is 0 Å². The van der Waals surface area contributed by atoms with Gasteiger partial charge in [-0.25, -0.2) is 0 Å². The maximum Gasteiger partial charge on any atom is 0.224 e. The van der Waals surface area contributed by atoms with E-state index in [-0.39, 0.29) is 11.8 Å². The third kappa shape index (κ3) is 3.93. The summed E-state index contributed by atoms with van der Waals surface area (Å²) in [5.74, 6) is 0.501. The molecule has 1 amide bonds. The van der Waals surface area contributed by atoms with Crippen molar-refractivity contribution in [1.82, 2.24) is 24.6 Å². The number of hydrogen-bond acceptors (Lipinski definition) is 3. The Morgan fingerprint density at radius 1 is 1.16 bits per heavy atom. The zero-order chi connectivity index (χ0) is 22.1. The van der Waals surface area contributed by atoms with Gasteiger partial charge >= 0.3 is 0 Å². The summed E-state index contributed by atoms with van der Waals surface area (Å²) in [5.41, 5.74) is 6.88. The third-order valence-electron chi connectivity index (χ3n) is 6.53. The van der Waals surface area contributed by atoms with Crippen molar-refractivity contribution in [3.63, 3.8) is 0 Å². The number of aromatic amines is 1. The van der Waals surface area contributed by atoms with Crippen molar-refractivity contribution in [3.05, 3.63) is 71.9 Å². The van der Waals surface area contributed by atoms with E-state index in [0.29, 0.717) is 13.0 Å². The van der Waals surface area contributed by atoms with E-state index < -0.39 is 0 Å². The van der Waals surface area contributed by atoms with Crippen LogP contribution in [0.3, 0.4) is 0 Å². The first-order chi connectivity index (χ1) is 15.6. The lowest BCUT2D eigenvalue weighted by molar-refractivity contribution is -0.132. The summed E-state index contributed by atoms with van der Waals surface area (Å²) >= 11 is 0. The van der Waals surface area contributed by atoms with Crippen molar-refractivity contribution >= 4 is 16.8 Å². The molecule has 4 heterocycles. The van der Waals surface area contributed by atoms with Crippen LogP contribution in [0.4, 0.5) is 0 Å². The molecule has 1 aromatic carbocycles. The first kappa shape index (κ1) is 20.5. The third-order valence-corrected chi connectivity index (χ3v) is 6.53. The Balaban J connectivity index is 1.39. The molecule has 4 aromatic rings. The predicted molar refractivity (Wildman–Crippen MR) is 126 cm³/mol. The molecule has 1 N–H and O–H groups in total. The van der Waals surface area contributed by atoms with Gasteiger partial charge in [0, 0.05) is 72.2 Å². The Morgan fingerprint density at radius 2 is 1.97 bits per heavy atom. The number of fused-ring (bicyclic) bond motifs is 1. The van der Waals surface area contributed by atoms with Crippen LogP contribution in [0.15, 0.2) is 54.9 Å². The van der Waals surface area contributed by atoms with E-state index in [4.69, 9.17) is 0 Å². The summed E-state index contributed by atoms with van der Waals surface area (Å²) in [7, 11) is 0. The standard InChI is InChI=1S/C26H29N5O/c1-18-16-19(2)31(29-18)15-11-24(32)30-14-5-6-21(17-30)26-25(20-9-12-27-13-10-20)22-7-3-4-8-23(22)28-26/h3-4,7-10,12-13,16,21,28H,5-6,11,14-15,17H2,1-2H3. The van der Waals surface area contributed by atoms with Crippen LogP contribution in [0, 0.1) is 13.8 Å². The van der Waals surface area contributed by atoms with Crippen LogP contribution in [0.25, 0.3) is 22.0 Å². The van der Waals surface area contributed by atoms with E-state index in [9.17, 15) is 4.79 Å². The fourth-order valence-corrected chi connectivity index (χ4v) is 5.00. The minimum atomic E-state index is 0.212. The van der Waals surface area contributed by atoms with Gasteiger partial charge in [-0.1, -0.05) is 18.2 Å². The number of rotatable bonds is 5. The van der Waals surface area contributed by atoms with Gasteiger partial charge in [0.1, 0.15) is 0 Å². The quantitative estimate of drug-likeness (QED) is 0.496. The number of aryl methyl sites for hydroxylation is 3. The molecular weight excluding hydrogens is 398 g/mol. The Kier molecular flexibility index (Phi) is 5.52. The highest BCUT2D eigenvalue weighted by Gasteiger charge is 2.28. The summed E-state index contributed by atoms with van der Waals surface area (Å²) in [6.07, 6.45) is 6.26. The minimum Gasteiger partial charge on any atom is -0.358 e. The Hall–Kier alpha value is -3.41. The van der Waals surface area contributed by atoms with Gasteiger partial charge in [0.05, 0.1) is 5.69 Å². The van der Waals surface area contributed by atoms with E-state index in [2.05, 4.69) is 57.5 Å². The molecule has 0 aliphatic carbocycles. The number of carbonyl (C=O) groups excluding carboxylic acids is 1. The summed E-state index contributed by atoms with van der Waals surface area (Å²) in [5, 5.41) is 5.72. The molecule has 6 nitrogen and oxygen atoms in total. The molecule has 0 spiro atoms. The van der Waals surface area contributed by atoms with Crippen LogP contribution < -0.4 is 0 Å². The summed E-state index contributed by atoms with van der Waals surface area (Å²) in [6.45, 7) is 6.24. The fraction of sp³-hybridized carbons (Fsp3) is 0.346. The van der Waals surface area contributed by atoms with Crippen molar-refractivity contribution in [2.45, 2.75) is 45.6 Å². The number of aromatic nitrogens is 4. The molecule has 1 fully saturated rings. The maximum absolute atomic E-state index is 13.1. The summed E-state index contributed by atoms with van der Waals surface area (Å²) < 4.78 is 1.94. The molecule has 5 rings (SSSR count). The van der Waals surface area contributed by atoms with E-state index in [1.165, 1.54) is 22.2 Å². The van der Waals surface area contributed by atoms with Gasteiger partial charge in [0.2, 0.25) is 5.91 Å². The highest BCUT2D eigenvalue weighted by atomic mass is 16.2. The SMILES string of the molecule is Cc1cc(C)n(CCC(=O)N2CCCC(c3[nH]c4ccccc4c3-c3ccncc3)C2)n1. The summed E-state index contributed by atoms with van der Waals surface area (Å²) in [4.78, 5) is 23.0. The number of pyridine rings is 1. The average molecular weight is 428 g/mol. The van der Waals surface area contributed by atoms with Crippen LogP contribution in [-0.4, -0.2) is 43.6 Å². The van der Waals surface area contributed by atoms with Gasteiger partial charge in [0.15, 0.2) is 0 Å². The van der Waals surface area contributed by atoms with Crippen LogP contribution in [0.1, 0.15) is 42.3 Å². The molecule has 0 saturated carbocycles. The molecule has 164 valence electrons.